The van der Waals surface area contributed by atoms with Crippen LogP contribution in [0.5, 0.6) is 0 Å². The van der Waals surface area contributed by atoms with E-state index in [0.717, 1.165) is 12.1 Å². The Hall–Kier alpha value is -0.950. The van der Waals surface area contributed by atoms with E-state index in [2.05, 4.69) is 10.0 Å². The van der Waals surface area contributed by atoms with E-state index in [1.165, 1.54) is 0 Å². The molecule has 2 rings (SSSR count). The van der Waals surface area contributed by atoms with Crippen LogP contribution < -0.4 is 10.0 Å². The summed E-state index contributed by atoms with van der Waals surface area (Å²) in [7, 11) is -3.52. The van der Waals surface area contributed by atoms with Gasteiger partial charge in [-0.1, -0.05) is 25.1 Å². The summed E-state index contributed by atoms with van der Waals surface area (Å²) in [4.78, 5) is 0.360. The zero-order valence-corrected chi connectivity index (χ0v) is 13.5. The summed E-state index contributed by atoms with van der Waals surface area (Å²) in [5.41, 5.74) is 0.366. The van der Waals surface area contributed by atoms with Gasteiger partial charge in [-0.3, -0.25) is 0 Å². The fraction of sp³-hybridized carbons (Fsp3) is 0.600. The van der Waals surface area contributed by atoms with Gasteiger partial charge in [0.05, 0.1) is 4.90 Å². The molecule has 0 aliphatic carbocycles. The molecule has 1 aliphatic rings. The van der Waals surface area contributed by atoms with Crippen LogP contribution in [0.1, 0.15) is 32.3 Å². The molecule has 0 atom stereocenters. The largest absolute Gasteiger partial charge is 0.381 e. The van der Waals surface area contributed by atoms with Gasteiger partial charge >= 0.3 is 0 Å². The van der Waals surface area contributed by atoms with E-state index < -0.39 is 15.6 Å². The van der Waals surface area contributed by atoms with Gasteiger partial charge in [-0.15, -0.1) is 0 Å². The minimum atomic E-state index is -3.52. The van der Waals surface area contributed by atoms with Gasteiger partial charge in [0.1, 0.15) is 0 Å². The smallest absolute Gasteiger partial charge is 0.241 e. The van der Waals surface area contributed by atoms with Crippen LogP contribution in [0.4, 0.5) is 0 Å². The third kappa shape index (κ3) is 4.26. The molecule has 1 saturated heterocycles. The third-order valence-corrected chi connectivity index (χ3v) is 5.54. The first-order chi connectivity index (χ1) is 9.97. The Morgan fingerprint density at radius 2 is 1.90 bits per heavy atom. The number of nitrogens with one attached hydrogen (secondary N) is 2. The first-order valence-electron chi connectivity index (χ1n) is 7.37. The Morgan fingerprint density at radius 3 is 2.57 bits per heavy atom. The topological polar surface area (TPSA) is 67.4 Å². The molecular formula is C15H24N2O3S. The molecule has 1 aliphatic heterocycles. The number of ether oxygens (including phenoxy) is 1. The maximum Gasteiger partial charge on any atom is 0.241 e. The first-order valence-corrected chi connectivity index (χ1v) is 8.85. The lowest BCUT2D eigenvalue weighted by Gasteiger charge is -2.34. The quantitative estimate of drug-likeness (QED) is 0.838. The highest BCUT2D eigenvalue weighted by Gasteiger charge is 2.33. The highest BCUT2D eigenvalue weighted by Crippen LogP contribution is 2.24. The Bertz CT molecular complexity index is 566. The summed E-state index contributed by atoms with van der Waals surface area (Å²) in [5, 5.41) is 3.18. The fourth-order valence-corrected chi connectivity index (χ4v) is 4.18. The maximum atomic E-state index is 12.7. The molecule has 1 aromatic rings. The average molecular weight is 312 g/mol. The van der Waals surface area contributed by atoms with Crippen molar-refractivity contribution in [3.05, 3.63) is 29.8 Å². The normalized spacial score (nSPS) is 18.6. The van der Waals surface area contributed by atoms with Gasteiger partial charge in [-0.2, -0.15) is 0 Å². The minimum Gasteiger partial charge on any atom is -0.381 e. The van der Waals surface area contributed by atoms with Crippen molar-refractivity contribution in [2.45, 2.75) is 43.7 Å². The van der Waals surface area contributed by atoms with Gasteiger partial charge in [-0.05, 0) is 37.9 Å². The Balaban J connectivity index is 2.22. The second-order valence-electron chi connectivity index (χ2n) is 5.67. The highest BCUT2D eigenvalue weighted by molar-refractivity contribution is 7.89. The summed E-state index contributed by atoms with van der Waals surface area (Å²) >= 11 is 0. The first kappa shape index (κ1) is 16.4. The molecule has 1 aromatic carbocycles. The van der Waals surface area contributed by atoms with E-state index in [9.17, 15) is 8.42 Å². The number of sulfonamides is 1. The SMILES string of the molecule is CCNCc1ccccc1S(=O)(=O)NC1(C)CCOCC1. The molecule has 6 heteroatoms. The van der Waals surface area contributed by atoms with E-state index in [0.29, 0.717) is 37.5 Å². The van der Waals surface area contributed by atoms with Crippen LogP contribution in [0.3, 0.4) is 0 Å². The van der Waals surface area contributed by atoms with E-state index in [1.807, 2.05) is 26.0 Å². The van der Waals surface area contributed by atoms with E-state index in [1.54, 1.807) is 12.1 Å². The fourth-order valence-electron chi connectivity index (χ4n) is 2.48. The molecule has 1 heterocycles. The lowest BCUT2D eigenvalue weighted by Crippen LogP contribution is -2.49. The molecule has 0 bridgehead atoms. The lowest BCUT2D eigenvalue weighted by molar-refractivity contribution is 0.0537. The number of hydrogen-bond donors (Lipinski definition) is 2. The molecule has 0 amide bonds. The maximum absolute atomic E-state index is 12.7. The summed E-state index contributed by atoms with van der Waals surface area (Å²) < 4.78 is 33.6. The van der Waals surface area contributed by atoms with Crippen molar-refractivity contribution < 1.29 is 13.2 Å². The molecule has 21 heavy (non-hydrogen) atoms. The summed E-state index contributed by atoms with van der Waals surface area (Å²) in [6, 6.07) is 7.14. The molecular weight excluding hydrogens is 288 g/mol. The highest BCUT2D eigenvalue weighted by atomic mass is 32.2. The average Bonchev–Trinajstić information content (AvgIpc) is 2.45. The second-order valence-corrected chi connectivity index (χ2v) is 7.32. The van der Waals surface area contributed by atoms with Crippen molar-refractivity contribution in [3.8, 4) is 0 Å². The molecule has 0 unspecified atom stereocenters. The van der Waals surface area contributed by atoms with E-state index in [4.69, 9.17) is 4.74 Å². The Labute approximate surface area is 127 Å². The monoisotopic (exact) mass is 312 g/mol. The number of benzene rings is 1. The lowest BCUT2D eigenvalue weighted by atomic mass is 9.94. The summed E-state index contributed by atoms with van der Waals surface area (Å²) in [5.74, 6) is 0. The van der Waals surface area contributed by atoms with Crippen LogP contribution in [-0.4, -0.2) is 33.7 Å². The van der Waals surface area contributed by atoms with Crippen LogP contribution in [0.25, 0.3) is 0 Å². The molecule has 5 nitrogen and oxygen atoms in total. The van der Waals surface area contributed by atoms with Gasteiger partial charge in [0.2, 0.25) is 10.0 Å². The van der Waals surface area contributed by atoms with Crippen molar-refractivity contribution in [3.63, 3.8) is 0 Å². The van der Waals surface area contributed by atoms with Crippen LogP contribution in [0.2, 0.25) is 0 Å². The van der Waals surface area contributed by atoms with Gasteiger partial charge in [0.15, 0.2) is 0 Å². The number of hydrogen-bond acceptors (Lipinski definition) is 4. The second kappa shape index (κ2) is 6.87. The molecule has 0 aromatic heterocycles. The summed E-state index contributed by atoms with van der Waals surface area (Å²) in [6.07, 6.45) is 1.39. The molecule has 0 saturated carbocycles. The molecule has 1 fully saturated rings. The predicted octanol–water partition coefficient (Wildman–Crippen LogP) is 1.64. The van der Waals surface area contributed by atoms with Crippen molar-refractivity contribution in [2.75, 3.05) is 19.8 Å². The Kier molecular flexibility index (Phi) is 5.37. The van der Waals surface area contributed by atoms with Crippen LogP contribution in [-0.2, 0) is 21.3 Å². The zero-order chi connectivity index (χ0) is 15.3. The van der Waals surface area contributed by atoms with Crippen molar-refractivity contribution in [1.82, 2.24) is 10.0 Å². The van der Waals surface area contributed by atoms with E-state index in [-0.39, 0.29) is 0 Å². The molecule has 2 N–H and O–H groups in total. The van der Waals surface area contributed by atoms with Gasteiger partial charge in [0, 0.05) is 25.3 Å². The zero-order valence-electron chi connectivity index (χ0n) is 12.7. The van der Waals surface area contributed by atoms with Crippen LogP contribution in [0.15, 0.2) is 29.2 Å². The molecule has 0 radical (unpaired) electrons. The third-order valence-electron chi connectivity index (χ3n) is 3.80. The standard InChI is InChI=1S/C15H24N2O3S/c1-3-16-12-13-6-4-5-7-14(13)21(18,19)17-15(2)8-10-20-11-9-15/h4-7,16-17H,3,8-12H2,1-2H3. The van der Waals surface area contributed by atoms with Crippen molar-refractivity contribution in [1.29, 1.82) is 0 Å². The van der Waals surface area contributed by atoms with Gasteiger partial charge < -0.3 is 10.1 Å². The van der Waals surface area contributed by atoms with E-state index >= 15 is 0 Å². The van der Waals surface area contributed by atoms with Crippen LogP contribution in [0, 0.1) is 0 Å². The minimum absolute atomic E-state index is 0.360. The van der Waals surface area contributed by atoms with Gasteiger partial charge in [-0.25, -0.2) is 13.1 Å². The predicted molar refractivity (Wildman–Crippen MR) is 82.6 cm³/mol. The number of rotatable bonds is 6. The van der Waals surface area contributed by atoms with Crippen LogP contribution >= 0.6 is 0 Å². The molecule has 118 valence electrons. The van der Waals surface area contributed by atoms with Gasteiger partial charge in [0.25, 0.3) is 0 Å². The Morgan fingerprint density at radius 1 is 1.24 bits per heavy atom. The molecule has 0 spiro atoms. The summed E-state index contributed by atoms with van der Waals surface area (Å²) in [6.45, 7) is 6.48. The van der Waals surface area contributed by atoms with Crippen molar-refractivity contribution >= 4 is 10.0 Å². The van der Waals surface area contributed by atoms with Crippen molar-refractivity contribution in [2.24, 2.45) is 0 Å².